The molecular weight excluding hydrogens is 194 g/mol. The minimum atomic E-state index is 0.270. The number of hydrogen-bond donors (Lipinski definition) is 0. The fraction of sp³-hybridized carbons (Fsp3) is 0.600. The van der Waals surface area contributed by atoms with E-state index in [4.69, 9.17) is 0 Å². The summed E-state index contributed by atoms with van der Waals surface area (Å²) in [5, 5.41) is 0. The van der Waals surface area contributed by atoms with E-state index < -0.39 is 0 Å². The Morgan fingerprint density at radius 3 is 2.25 bits per heavy atom. The molecule has 0 radical (unpaired) electrons. The van der Waals surface area contributed by atoms with Gasteiger partial charge in [0.25, 0.3) is 0 Å². The summed E-state index contributed by atoms with van der Waals surface area (Å²) in [6.07, 6.45) is 6.74. The van der Waals surface area contributed by atoms with Crippen molar-refractivity contribution in [1.82, 2.24) is 4.90 Å². The summed E-state index contributed by atoms with van der Waals surface area (Å²) < 4.78 is 0. The average Bonchev–Trinajstić information content (AvgIpc) is 2.47. The molecule has 1 heterocycles. The van der Waals surface area contributed by atoms with Crippen LogP contribution in [0.2, 0.25) is 0 Å². The van der Waals surface area contributed by atoms with Gasteiger partial charge < -0.3 is 0 Å². The molecule has 0 N–H and O–H groups in total. The van der Waals surface area contributed by atoms with Crippen molar-refractivity contribution in [3.8, 4) is 0 Å². The van der Waals surface area contributed by atoms with Gasteiger partial charge in [-0.2, -0.15) is 0 Å². The number of rotatable bonds is 6. The Kier molecular flexibility index (Phi) is 4.55. The summed E-state index contributed by atoms with van der Waals surface area (Å²) in [6.45, 7) is 18.5. The Morgan fingerprint density at radius 2 is 1.81 bits per heavy atom. The Bertz CT molecular complexity index is 272. The first-order valence-electron chi connectivity index (χ1n) is 6.15. The van der Waals surface area contributed by atoms with Crippen molar-refractivity contribution in [3.63, 3.8) is 0 Å². The largest absolute Gasteiger partial charge is 0.293 e. The standard InChI is InChI=1S/C15H25N/c1-6-9-16-10-7-8-15(16,11-13(2)3)12-14(4)5/h6H,1-2,4,7-12H2,3,5H3. The van der Waals surface area contributed by atoms with Crippen molar-refractivity contribution < 1.29 is 0 Å². The molecule has 0 aliphatic carbocycles. The van der Waals surface area contributed by atoms with Crippen LogP contribution < -0.4 is 0 Å². The van der Waals surface area contributed by atoms with E-state index in [1.54, 1.807) is 0 Å². The van der Waals surface area contributed by atoms with Crippen molar-refractivity contribution in [2.75, 3.05) is 13.1 Å². The molecule has 1 aliphatic heterocycles. The minimum absolute atomic E-state index is 0.270. The molecule has 1 fully saturated rings. The molecule has 1 saturated heterocycles. The molecule has 1 nitrogen and oxygen atoms in total. The van der Waals surface area contributed by atoms with Gasteiger partial charge >= 0.3 is 0 Å². The maximum absolute atomic E-state index is 4.08. The van der Waals surface area contributed by atoms with Gasteiger partial charge in [-0.1, -0.05) is 17.2 Å². The Morgan fingerprint density at radius 1 is 1.25 bits per heavy atom. The average molecular weight is 219 g/mol. The van der Waals surface area contributed by atoms with Crippen molar-refractivity contribution in [1.29, 1.82) is 0 Å². The van der Waals surface area contributed by atoms with Gasteiger partial charge in [0.15, 0.2) is 0 Å². The third kappa shape index (κ3) is 3.08. The van der Waals surface area contributed by atoms with E-state index in [1.807, 2.05) is 6.08 Å². The van der Waals surface area contributed by atoms with Crippen molar-refractivity contribution in [2.45, 2.75) is 45.1 Å². The second kappa shape index (κ2) is 5.49. The van der Waals surface area contributed by atoms with E-state index in [9.17, 15) is 0 Å². The molecular formula is C15H25N. The fourth-order valence-electron chi connectivity index (χ4n) is 3.02. The van der Waals surface area contributed by atoms with Crippen LogP contribution in [0.15, 0.2) is 37.0 Å². The minimum Gasteiger partial charge on any atom is -0.293 e. The highest BCUT2D eigenvalue weighted by molar-refractivity contribution is 5.12. The molecule has 0 spiro atoms. The Balaban J connectivity index is 2.86. The van der Waals surface area contributed by atoms with E-state index >= 15 is 0 Å². The summed E-state index contributed by atoms with van der Waals surface area (Å²) in [6, 6.07) is 0. The van der Waals surface area contributed by atoms with Crippen LogP contribution in [0.1, 0.15) is 39.5 Å². The lowest BCUT2D eigenvalue weighted by Crippen LogP contribution is -2.44. The van der Waals surface area contributed by atoms with Gasteiger partial charge in [-0.25, -0.2) is 0 Å². The summed E-state index contributed by atoms with van der Waals surface area (Å²) in [5.41, 5.74) is 2.82. The van der Waals surface area contributed by atoms with Gasteiger partial charge in [-0.15, -0.1) is 19.7 Å². The summed E-state index contributed by atoms with van der Waals surface area (Å²) in [7, 11) is 0. The van der Waals surface area contributed by atoms with Crippen LogP contribution in [0.25, 0.3) is 0 Å². The predicted octanol–water partition coefficient (Wildman–Crippen LogP) is 3.94. The first-order chi connectivity index (χ1) is 7.50. The first kappa shape index (κ1) is 13.2. The molecule has 1 heteroatoms. The second-order valence-corrected chi connectivity index (χ2v) is 5.33. The lowest BCUT2D eigenvalue weighted by Gasteiger charge is -2.39. The van der Waals surface area contributed by atoms with Crippen LogP contribution in [0.5, 0.6) is 0 Å². The van der Waals surface area contributed by atoms with Crippen LogP contribution in [0.4, 0.5) is 0 Å². The van der Waals surface area contributed by atoms with Crippen molar-refractivity contribution in [3.05, 3.63) is 37.0 Å². The Hall–Kier alpha value is -0.820. The molecule has 0 atom stereocenters. The quantitative estimate of drug-likeness (QED) is 0.612. The molecule has 0 unspecified atom stereocenters. The molecule has 16 heavy (non-hydrogen) atoms. The van der Waals surface area contributed by atoms with Crippen LogP contribution in [0, 0.1) is 0 Å². The molecule has 0 aromatic carbocycles. The monoisotopic (exact) mass is 219 g/mol. The maximum atomic E-state index is 4.08. The molecule has 1 aliphatic rings. The number of nitrogens with zero attached hydrogens (tertiary/aromatic N) is 1. The van der Waals surface area contributed by atoms with E-state index in [2.05, 4.69) is 38.5 Å². The zero-order chi connectivity index (χ0) is 12.2. The van der Waals surface area contributed by atoms with Crippen LogP contribution in [-0.4, -0.2) is 23.5 Å². The lowest BCUT2D eigenvalue weighted by atomic mass is 9.83. The molecule has 1 rings (SSSR count). The van der Waals surface area contributed by atoms with Gasteiger partial charge in [0.1, 0.15) is 0 Å². The van der Waals surface area contributed by atoms with E-state index in [1.165, 1.54) is 30.5 Å². The van der Waals surface area contributed by atoms with Gasteiger partial charge in [-0.3, -0.25) is 4.90 Å². The predicted molar refractivity (Wildman–Crippen MR) is 72.6 cm³/mol. The lowest BCUT2D eigenvalue weighted by molar-refractivity contribution is 0.152. The highest BCUT2D eigenvalue weighted by Gasteiger charge is 2.39. The number of hydrogen-bond acceptors (Lipinski definition) is 1. The molecule has 0 bridgehead atoms. The molecule has 0 amide bonds. The van der Waals surface area contributed by atoms with Crippen LogP contribution in [-0.2, 0) is 0 Å². The summed E-state index contributed by atoms with van der Waals surface area (Å²) >= 11 is 0. The molecule has 0 aromatic heterocycles. The van der Waals surface area contributed by atoms with E-state index in [-0.39, 0.29) is 5.54 Å². The topological polar surface area (TPSA) is 3.24 Å². The zero-order valence-electron chi connectivity index (χ0n) is 10.9. The zero-order valence-corrected chi connectivity index (χ0v) is 10.9. The highest BCUT2D eigenvalue weighted by atomic mass is 15.2. The summed E-state index contributed by atoms with van der Waals surface area (Å²) in [4.78, 5) is 2.56. The smallest absolute Gasteiger partial charge is 0.0287 e. The van der Waals surface area contributed by atoms with Crippen LogP contribution in [0.3, 0.4) is 0 Å². The maximum Gasteiger partial charge on any atom is 0.0287 e. The van der Waals surface area contributed by atoms with Gasteiger partial charge in [0, 0.05) is 12.1 Å². The van der Waals surface area contributed by atoms with Gasteiger partial charge in [0.05, 0.1) is 0 Å². The van der Waals surface area contributed by atoms with E-state index in [0.717, 1.165) is 19.4 Å². The fourth-order valence-corrected chi connectivity index (χ4v) is 3.02. The SMILES string of the molecule is C=CCN1CCCC1(CC(=C)C)CC(=C)C. The number of likely N-dealkylation sites (tertiary alicyclic amines) is 1. The third-order valence-electron chi connectivity index (χ3n) is 3.35. The first-order valence-corrected chi connectivity index (χ1v) is 6.15. The summed E-state index contributed by atoms with van der Waals surface area (Å²) in [5.74, 6) is 0. The van der Waals surface area contributed by atoms with Crippen molar-refractivity contribution >= 4 is 0 Å². The van der Waals surface area contributed by atoms with E-state index in [0.29, 0.717) is 0 Å². The highest BCUT2D eigenvalue weighted by Crippen LogP contribution is 2.39. The normalized spacial score (nSPS) is 19.6. The van der Waals surface area contributed by atoms with Crippen molar-refractivity contribution in [2.24, 2.45) is 0 Å². The third-order valence-corrected chi connectivity index (χ3v) is 3.35. The van der Waals surface area contributed by atoms with Gasteiger partial charge in [-0.05, 0) is 46.1 Å². The molecule has 90 valence electrons. The van der Waals surface area contributed by atoms with Gasteiger partial charge in [0.2, 0.25) is 0 Å². The van der Waals surface area contributed by atoms with Crippen LogP contribution >= 0.6 is 0 Å². The molecule has 0 saturated carbocycles. The molecule has 0 aromatic rings. The Labute approximate surface area is 101 Å². The second-order valence-electron chi connectivity index (χ2n) is 5.33.